The zero-order valence-electron chi connectivity index (χ0n) is 10.2. The average molecular weight is 292 g/mol. The second-order valence-corrected chi connectivity index (χ2v) is 4.37. The first-order valence-corrected chi connectivity index (χ1v) is 5.96. The van der Waals surface area contributed by atoms with Gasteiger partial charge in [-0.15, -0.1) is 0 Å². The van der Waals surface area contributed by atoms with Gasteiger partial charge in [-0.25, -0.2) is 0 Å². The van der Waals surface area contributed by atoms with E-state index in [0.717, 1.165) is 0 Å². The minimum atomic E-state index is -0.564. The van der Waals surface area contributed by atoms with Crippen LogP contribution in [-0.2, 0) is 0 Å². The molecule has 0 bridgehead atoms. The summed E-state index contributed by atoms with van der Waals surface area (Å²) in [6.45, 7) is 0. The Morgan fingerprint density at radius 1 is 1.25 bits per heavy atom. The van der Waals surface area contributed by atoms with Crippen LogP contribution in [0.25, 0.3) is 0 Å². The fourth-order valence-corrected chi connectivity index (χ4v) is 1.78. The lowest BCUT2D eigenvalue weighted by Gasteiger charge is -2.07. The Morgan fingerprint density at radius 3 is 2.60 bits per heavy atom. The van der Waals surface area contributed by atoms with Gasteiger partial charge in [0, 0.05) is 11.6 Å². The number of nitrogen functional groups attached to an aromatic ring is 1. The number of hydrogen-bond donors (Lipinski definition) is 2. The van der Waals surface area contributed by atoms with Crippen molar-refractivity contribution in [1.29, 1.82) is 0 Å². The third kappa shape index (κ3) is 2.86. The first-order chi connectivity index (χ1) is 9.49. The van der Waals surface area contributed by atoms with Crippen LogP contribution in [0.1, 0.15) is 10.4 Å². The van der Waals surface area contributed by atoms with E-state index >= 15 is 0 Å². The van der Waals surface area contributed by atoms with Gasteiger partial charge in [0.2, 0.25) is 0 Å². The topological polar surface area (TPSA) is 98.3 Å². The molecule has 0 radical (unpaired) electrons. The monoisotopic (exact) mass is 291 g/mol. The third-order valence-corrected chi connectivity index (χ3v) is 2.94. The van der Waals surface area contributed by atoms with E-state index in [4.69, 9.17) is 17.3 Å². The quantitative estimate of drug-likeness (QED) is 0.516. The molecule has 2 aromatic carbocycles. The summed E-state index contributed by atoms with van der Waals surface area (Å²) in [6.07, 6.45) is 0. The van der Waals surface area contributed by atoms with E-state index in [-0.39, 0.29) is 22.0 Å². The lowest BCUT2D eigenvalue weighted by atomic mass is 10.2. The first-order valence-electron chi connectivity index (χ1n) is 5.59. The van der Waals surface area contributed by atoms with Crippen molar-refractivity contribution in [2.24, 2.45) is 0 Å². The van der Waals surface area contributed by atoms with Crippen LogP contribution in [0.5, 0.6) is 0 Å². The molecule has 0 atom stereocenters. The summed E-state index contributed by atoms with van der Waals surface area (Å²) in [5.74, 6) is -0.499. The van der Waals surface area contributed by atoms with E-state index in [2.05, 4.69) is 5.32 Å². The number of benzene rings is 2. The molecule has 2 aromatic rings. The molecular formula is C13H10ClN3O3. The highest BCUT2D eigenvalue weighted by Gasteiger charge is 2.16. The van der Waals surface area contributed by atoms with Crippen molar-refractivity contribution in [3.63, 3.8) is 0 Å². The Bertz CT molecular complexity index is 688. The predicted octanol–water partition coefficient (Wildman–Crippen LogP) is 3.08. The standard InChI is InChI=1S/C13H10ClN3O3/c14-9-7-8(5-6-10(9)15)13(18)16-11-3-1-2-4-12(11)17(19)20/h1-7H,15H2,(H,16,18). The van der Waals surface area contributed by atoms with Crippen molar-refractivity contribution in [2.45, 2.75) is 0 Å². The highest BCUT2D eigenvalue weighted by Crippen LogP contribution is 2.25. The van der Waals surface area contributed by atoms with Gasteiger partial charge in [-0.1, -0.05) is 23.7 Å². The van der Waals surface area contributed by atoms with Gasteiger partial charge in [-0.2, -0.15) is 0 Å². The number of nitro groups is 1. The Labute approximate surface area is 119 Å². The van der Waals surface area contributed by atoms with Gasteiger partial charge < -0.3 is 11.1 Å². The second kappa shape index (κ2) is 5.58. The third-order valence-electron chi connectivity index (χ3n) is 2.61. The number of carbonyl (C=O) groups is 1. The minimum absolute atomic E-state index is 0.121. The molecule has 0 spiro atoms. The van der Waals surface area contributed by atoms with E-state index in [1.807, 2.05) is 0 Å². The molecule has 0 saturated heterocycles. The van der Waals surface area contributed by atoms with Crippen LogP contribution in [0, 0.1) is 10.1 Å². The number of halogens is 1. The van der Waals surface area contributed by atoms with Gasteiger partial charge >= 0.3 is 0 Å². The van der Waals surface area contributed by atoms with Crippen LogP contribution < -0.4 is 11.1 Å². The lowest BCUT2D eigenvalue weighted by Crippen LogP contribution is -2.13. The summed E-state index contributed by atoms with van der Waals surface area (Å²) in [6, 6.07) is 10.3. The summed E-state index contributed by atoms with van der Waals surface area (Å²) in [5.41, 5.74) is 6.12. The van der Waals surface area contributed by atoms with E-state index < -0.39 is 10.8 Å². The smallest absolute Gasteiger partial charge is 0.292 e. The molecule has 3 N–H and O–H groups in total. The SMILES string of the molecule is Nc1ccc(C(=O)Nc2ccccc2[N+](=O)[O-])cc1Cl. The molecular weight excluding hydrogens is 282 g/mol. The summed E-state index contributed by atoms with van der Waals surface area (Å²) in [4.78, 5) is 22.3. The summed E-state index contributed by atoms with van der Waals surface area (Å²) in [5, 5.41) is 13.6. The van der Waals surface area contributed by atoms with Gasteiger partial charge in [0.1, 0.15) is 5.69 Å². The molecule has 2 rings (SSSR count). The fourth-order valence-electron chi connectivity index (χ4n) is 1.60. The van der Waals surface area contributed by atoms with Gasteiger partial charge in [0.05, 0.1) is 15.6 Å². The molecule has 6 nitrogen and oxygen atoms in total. The van der Waals surface area contributed by atoms with Crippen molar-refractivity contribution in [2.75, 3.05) is 11.1 Å². The van der Waals surface area contributed by atoms with Crippen LogP contribution in [0.3, 0.4) is 0 Å². The van der Waals surface area contributed by atoms with E-state index in [9.17, 15) is 14.9 Å². The Hall–Kier alpha value is -2.60. The minimum Gasteiger partial charge on any atom is -0.398 e. The molecule has 0 aliphatic rings. The molecule has 0 unspecified atom stereocenters. The van der Waals surface area contributed by atoms with Crippen molar-refractivity contribution in [3.8, 4) is 0 Å². The molecule has 0 aliphatic heterocycles. The van der Waals surface area contributed by atoms with Gasteiger partial charge in [-0.3, -0.25) is 14.9 Å². The normalized spacial score (nSPS) is 10.1. The van der Waals surface area contributed by atoms with Gasteiger partial charge in [-0.05, 0) is 24.3 Å². The zero-order chi connectivity index (χ0) is 14.7. The number of rotatable bonds is 3. The highest BCUT2D eigenvalue weighted by atomic mass is 35.5. The average Bonchev–Trinajstić information content (AvgIpc) is 2.42. The molecule has 0 aromatic heterocycles. The first kappa shape index (κ1) is 13.8. The second-order valence-electron chi connectivity index (χ2n) is 3.96. The molecule has 7 heteroatoms. The van der Waals surface area contributed by atoms with Gasteiger partial charge in [0.15, 0.2) is 0 Å². The number of anilines is 2. The Kier molecular flexibility index (Phi) is 3.86. The predicted molar refractivity (Wildman–Crippen MR) is 76.9 cm³/mol. The maximum atomic E-state index is 12.0. The number of para-hydroxylation sites is 2. The molecule has 0 fully saturated rings. The van der Waals surface area contributed by atoms with Gasteiger partial charge in [0.25, 0.3) is 11.6 Å². The van der Waals surface area contributed by atoms with Crippen LogP contribution in [0.2, 0.25) is 5.02 Å². The van der Waals surface area contributed by atoms with Crippen LogP contribution in [0.15, 0.2) is 42.5 Å². The van der Waals surface area contributed by atoms with Crippen molar-refractivity contribution in [1.82, 2.24) is 0 Å². The fraction of sp³-hybridized carbons (Fsp3) is 0. The number of carbonyl (C=O) groups excluding carboxylic acids is 1. The molecule has 1 amide bonds. The van der Waals surface area contributed by atoms with E-state index in [0.29, 0.717) is 5.69 Å². The molecule has 102 valence electrons. The van der Waals surface area contributed by atoms with Crippen molar-refractivity contribution < 1.29 is 9.72 Å². The van der Waals surface area contributed by atoms with Crippen molar-refractivity contribution >= 4 is 34.6 Å². The highest BCUT2D eigenvalue weighted by molar-refractivity contribution is 6.33. The molecule has 20 heavy (non-hydrogen) atoms. The summed E-state index contributed by atoms with van der Waals surface area (Å²) in [7, 11) is 0. The Morgan fingerprint density at radius 2 is 1.95 bits per heavy atom. The number of amides is 1. The summed E-state index contributed by atoms with van der Waals surface area (Å²) < 4.78 is 0. The van der Waals surface area contributed by atoms with Crippen LogP contribution >= 0.6 is 11.6 Å². The molecule has 0 saturated carbocycles. The maximum Gasteiger partial charge on any atom is 0.292 e. The number of nitrogens with zero attached hydrogens (tertiary/aromatic N) is 1. The van der Waals surface area contributed by atoms with Crippen molar-refractivity contribution in [3.05, 3.63) is 63.2 Å². The molecule has 0 aliphatic carbocycles. The maximum absolute atomic E-state index is 12.0. The largest absolute Gasteiger partial charge is 0.398 e. The van der Waals surface area contributed by atoms with E-state index in [1.54, 1.807) is 6.07 Å². The number of hydrogen-bond acceptors (Lipinski definition) is 4. The lowest BCUT2D eigenvalue weighted by molar-refractivity contribution is -0.383. The number of nitrogens with two attached hydrogens (primary N) is 1. The van der Waals surface area contributed by atoms with E-state index in [1.165, 1.54) is 36.4 Å². The number of nitrogens with one attached hydrogen (secondary N) is 1. The summed E-state index contributed by atoms with van der Waals surface area (Å²) >= 11 is 5.83. The van der Waals surface area contributed by atoms with Crippen LogP contribution in [-0.4, -0.2) is 10.8 Å². The molecule has 0 heterocycles. The number of nitro benzene ring substituents is 1. The Balaban J connectivity index is 2.28. The van der Waals surface area contributed by atoms with Crippen LogP contribution in [0.4, 0.5) is 17.1 Å². The zero-order valence-corrected chi connectivity index (χ0v) is 10.9.